The van der Waals surface area contributed by atoms with E-state index in [0.717, 1.165) is 4.91 Å². The first-order chi connectivity index (χ1) is 7.06. The maximum atomic E-state index is 4.32. The van der Waals surface area contributed by atoms with E-state index in [9.17, 15) is 0 Å². The first-order valence-electron chi connectivity index (χ1n) is 4.94. The Hall–Kier alpha value is -0.730. The van der Waals surface area contributed by atoms with Crippen molar-refractivity contribution in [3.63, 3.8) is 0 Å². The van der Waals surface area contributed by atoms with E-state index in [-0.39, 0.29) is 0 Å². The zero-order valence-corrected chi connectivity index (χ0v) is 10.9. The van der Waals surface area contributed by atoms with Crippen LogP contribution in [0.2, 0.25) is 0 Å². The lowest BCUT2D eigenvalue weighted by atomic mass is 10.1. The molecule has 2 aromatic rings. The fraction of sp³-hybridized carbons (Fsp3) is 0.231. The topological polar surface area (TPSA) is 0 Å². The molecule has 78 valence electrons. The highest BCUT2D eigenvalue weighted by molar-refractivity contribution is 7.84. The molecule has 0 atom stereocenters. The minimum atomic E-state index is 1.05. The Balaban J connectivity index is 2.66. The predicted octanol–water partition coefficient (Wildman–Crippen LogP) is 4.81. The monoisotopic (exact) mass is 234 g/mol. The summed E-state index contributed by atoms with van der Waals surface area (Å²) in [4.78, 5) is 2.42. The van der Waals surface area contributed by atoms with Crippen LogP contribution in [0.1, 0.15) is 22.9 Å². The van der Waals surface area contributed by atoms with E-state index in [4.69, 9.17) is 0 Å². The quantitative estimate of drug-likeness (QED) is 0.673. The van der Waals surface area contributed by atoms with E-state index in [0.29, 0.717) is 0 Å². The highest BCUT2D eigenvalue weighted by Crippen LogP contribution is 2.29. The van der Waals surface area contributed by atoms with Crippen molar-refractivity contribution in [1.82, 2.24) is 0 Å². The molecule has 0 radical (unpaired) electrons. The second-order valence-electron chi connectivity index (χ2n) is 3.89. The molecule has 0 aliphatic rings. The van der Waals surface area contributed by atoms with Crippen molar-refractivity contribution in [3.05, 3.63) is 39.1 Å². The number of rotatable bonds is 1. The summed E-state index contributed by atoms with van der Waals surface area (Å²) in [5.41, 5.74) is 2.59. The number of allylic oxidation sites excluding steroid dienone is 1. The first-order valence-corrected chi connectivity index (χ1v) is 6.20. The van der Waals surface area contributed by atoms with Crippen LogP contribution in [0.4, 0.5) is 0 Å². The third-order valence-corrected chi connectivity index (χ3v) is 3.53. The molecule has 0 bridgehead atoms. The molecule has 0 saturated carbocycles. The van der Waals surface area contributed by atoms with E-state index in [1.54, 1.807) is 0 Å². The molecule has 0 unspecified atom stereocenters. The van der Waals surface area contributed by atoms with Crippen molar-refractivity contribution in [1.29, 1.82) is 0 Å². The third-order valence-electron chi connectivity index (χ3n) is 2.39. The summed E-state index contributed by atoms with van der Waals surface area (Å²) < 4.78 is 1.36. The summed E-state index contributed by atoms with van der Waals surface area (Å²) in [6.45, 7) is 6.31. The average molecular weight is 234 g/mol. The fourth-order valence-corrected chi connectivity index (χ4v) is 2.82. The number of benzene rings is 1. The molecule has 1 aromatic heterocycles. The lowest BCUT2D eigenvalue weighted by molar-refractivity contribution is 1.47. The Morgan fingerprint density at radius 2 is 2.00 bits per heavy atom. The molecule has 2 heteroatoms. The molecule has 0 aliphatic heterocycles. The molecule has 1 heterocycles. The lowest BCUT2D eigenvalue weighted by Crippen LogP contribution is -1.79. The van der Waals surface area contributed by atoms with Gasteiger partial charge < -0.3 is 0 Å². The van der Waals surface area contributed by atoms with E-state index in [1.165, 1.54) is 26.1 Å². The average Bonchev–Trinajstić information content (AvgIpc) is 2.44. The van der Waals surface area contributed by atoms with E-state index in [1.807, 2.05) is 18.3 Å². The van der Waals surface area contributed by atoms with Gasteiger partial charge in [0.1, 0.15) is 0 Å². The molecule has 0 fully saturated rings. The van der Waals surface area contributed by atoms with Gasteiger partial charge in [0.05, 0.1) is 0 Å². The molecule has 15 heavy (non-hydrogen) atoms. The number of aryl methyl sites for hydroxylation is 2. The number of hydrogen-bond donors (Lipinski definition) is 1. The van der Waals surface area contributed by atoms with Gasteiger partial charge in [0.25, 0.3) is 0 Å². The van der Waals surface area contributed by atoms with Crippen molar-refractivity contribution in [3.8, 4) is 0 Å². The summed E-state index contributed by atoms with van der Waals surface area (Å²) >= 11 is 6.17. The summed E-state index contributed by atoms with van der Waals surface area (Å²) in [5, 5.41) is 1.35. The number of thiol groups is 1. The van der Waals surface area contributed by atoms with Gasteiger partial charge in [-0.2, -0.15) is 0 Å². The third kappa shape index (κ3) is 2.27. The second-order valence-corrected chi connectivity index (χ2v) is 5.88. The van der Waals surface area contributed by atoms with Gasteiger partial charge in [-0.3, -0.25) is 0 Å². The maximum Gasteiger partial charge on any atom is 0.0351 e. The normalized spacial score (nSPS) is 12.4. The Bertz CT molecular complexity index is 529. The van der Waals surface area contributed by atoms with Crippen LogP contribution in [0.3, 0.4) is 0 Å². The van der Waals surface area contributed by atoms with E-state index < -0.39 is 0 Å². The van der Waals surface area contributed by atoms with Crippen molar-refractivity contribution in [2.75, 3.05) is 0 Å². The molecule has 0 spiro atoms. The molecule has 0 saturated heterocycles. The molecule has 0 nitrogen and oxygen atoms in total. The van der Waals surface area contributed by atoms with E-state index in [2.05, 4.69) is 50.8 Å². The van der Waals surface area contributed by atoms with Crippen molar-refractivity contribution in [2.24, 2.45) is 0 Å². The van der Waals surface area contributed by atoms with Gasteiger partial charge in [-0.05, 0) is 66.5 Å². The van der Waals surface area contributed by atoms with Gasteiger partial charge in [-0.1, -0.05) is 0 Å². The van der Waals surface area contributed by atoms with Crippen LogP contribution in [-0.4, -0.2) is 0 Å². The van der Waals surface area contributed by atoms with Gasteiger partial charge in [-0.25, -0.2) is 0 Å². The number of thiophene rings is 1. The van der Waals surface area contributed by atoms with Gasteiger partial charge in [0.2, 0.25) is 0 Å². The smallest absolute Gasteiger partial charge is 0.0351 e. The van der Waals surface area contributed by atoms with Gasteiger partial charge in [0.15, 0.2) is 0 Å². The minimum Gasteiger partial charge on any atom is -0.148 e. The molecule has 0 amide bonds. The largest absolute Gasteiger partial charge is 0.148 e. The lowest BCUT2D eigenvalue weighted by Gasteiger charge is -2.01. The van der Waals surface area contributed by atoms with Gasteiger partial charge >= 0.3 is 0 Å². The van der Waals surface area contributed by atoms with Crippen LogP contribution in [-0.2, 0) is 0 Å². The summed E-state index contributed by atoms with van der Waals surface area (Å²) in [5.74, 6) is 0. The summed E-state index contributed by atoms with van der Waals surface area (Å²) in [7, 11) is 0. The second kappa shape index (κ2) is 4.03. The highest BCUT2D eigenvalue weighted by Gasteiger charge is 2.02. The minimum absolute atomic E-state index is 1.05. The Morgan fingerprint density at radius 1 is 1.27 bits per heavy atom. The van der Waals surface area contributed by atoms with Crippen molar-refractivity contribution >= 4 is 40.1 Å². The van der Waals surface area contributed by atoms with Crippen LogP contribution in [0.5, 0.6) is 0 Å². The summed E-state index contributed by atoms with van der Waals surface area (Å²) in [6, 6.07) is 6.75. The summed E-state index contributed by atoms with van der Waals surface area (Å²) in [6.07, 6.45) is 2.12. The number of fused-ring (bicyclic) bond motifs is 1. The zero-order chi connectivity index (χ0) is 11.0. The van der Waals surface area contributed by atoms with Crippen LogP contribution < -0.4 is 0 Å². The maximum absolute atomic E-state index is 4.32. The Kier molecular flexibility index (Phi) is 2.89. The van der Waals surface area contributed by atoms with Crippen LogP contribution in [0.25, 0.3) is 16.2 Å². The SMILES string of the molecule is C/C(S)=C/c1cc2sc(C)cc2cc1C. The van der Waals surface area contributed by atoms with Crippen LogP contribution in [0, 0.1) is 13.8 Å². The van der Waals surface area contributed by atoms with E-state index >= 15 is 0 Å². The van der Waals surface area contributed by atoms with Crippen LogP contribution in [0.15, 0.2) is 23.1 Å². The van der Waals surface area contributed by atoms with Crippen molar-refractivity contribution in [2.45, 2.75) is 20.8 Å². The Morgan fingerprint density at radius 3 is 2.67 bits per heavy atom. The van der Waals surface area contributed by atoms with Gasteiger partial charge in [0, 0.05) is 9.58 Å². The van der Waals surface area contributed by atoms with Crippen LogP contribution >= 0.6 is 24.0 Å². The molecule has 0 aliphatic carbocycles. The molecule has 1 aromatic carbocycles. The van der Waals surface area contributed by atoms with Gasteiger partial charge in [-0.15, -0.1) is 24.0 Å². The molecular weight excluding hydrogens is 220 g/mol. The highest BCUT2D eigenvalue weighted by atomic mass is 32.1. The fourth-order valence-electron chi connectivity index (χ4n) is 1.73. The number of hydrogen-bond acceptors (Lipinski definition) is 2. The first kappa shape index (κ1) is 10.8. The molecular formula is C13H14S2. The molecule has 2 rings (SSSR count). The zero-order valence-electron chi connectivity index (χ0n) is 9.16. The standard InChI is InChI=1S/C13H14S2/c1-8-4-12-6-10(3)15-13(12)7-11(8)5-9(2)14/h4-7,14H,1-3H3/b9-5-. The molecule has 0 N–H and O–H groups in total. The Labute approximate surface area is 100 Å². The predicted molar refractivity (Wildman–Crippen MR) is 73.9 cm³/mol. The van der Waals surface area contributed by atoms with Crippen molar-refractivity contribution < 1.29 is 0 Å².